The van der Waals surface area contributed by atoms with Crippen LogP contribution in [0, 0.1) is 5.92 Å². The molecule has 0 spiro atoms. The van der Waals surface area contributed by atoms with Gasteiger partial charge >= 0.3 is 0 Å². The number of aliphatic hydroxyl groups is 2. The van der Waals surface area contributed by atoms with Crippen molar-refractivity contribution in [3.05, 3.63) is 90.5 Å². The first-order chi connectivity index (χ1) is 18.4. The Morgan fingerprint density at radius 1 is 0.974 bits per heavy atom. The number of allylic oxidation sites excluding steroid dienone is 1. The van der Waals surface area contributed by atoms with Gasteiger partial charge in [-0.25, -0.2) is 0 Å². The van der Waals surface area contributed by atoms with Crippen LogP contribution in [0.1, 0.15) is 24.0 Å². The van der Waals surface area contributed by atoms with E-state index in [1.807, 2.05) is 60.7 Å². The highest BCUT2D eigenvalue weighted by atomic mass is 16.3. The normalized spacial score (nSPS) is 16.3. The van der Waals surface area contributed by atoms with Crippen LogP contribution in [0.4, 0.5) is 5.69 Å². The van der Waals surface area contributed by atoms with E-state index in [1.54, 1.807) is 17.0 Å². The number of carbonyl (C=O) groups excluding carboxylic acids is 3. The van der Waals surface area contributed by atoms with Crippen molar-refractivity contribution in [2.45, 2.75) is 37.9 Å². The molecule has 3 aromatic carbocycles. The number of nitrogens with one attached hydrogen (secondary N) is 2. The van der Waals surface area contributed by atoms with E-state index in [0.717, 1.165) is 21.9 Å². The van der Waals surface area contributed by atoms with E-state index in [1.165, 1.54) is 0 Å². The van der Waals surface area contributed by atoms with Crippen LogP contribution in [-0.2, 0) is 27.3 Å². The lowest BCUT2D eigenvalue weighted by Gasteiger charge is -2.36. The third-order valence-corrected chi connectivity index (χ3v) is 6.96. The quantitative estimate of drug-likeness (QED) is 0.310. The van der Waals surface area contributed by atoms with Crippen molar-refractivity contribution in [2.24, 2.45) is 5.92 Å². The molecule has 198 valence electrons. The SMILES string of the molecule is C=CC[C@H](CC(=O)N1Cc2ccccc2C[C@H]1CO)C(=O)N[C@@H](CO)C(=O)Nc1ccc2ccccc2c1. The van der Waals surface area contributed by atoms with Gasteiger partial charge in [0.15, 0.2) is 0 Å². The predicted octanol–water partition coefficient (Wildman–Crippen LogP) is 2.78. The minimum absolute atomic E-state index is 0.110. The average Bonchev–Trinajstić information content (AvgIpc) is 2.94. The Labute approximate surface area is 222 Å². The number of amides is 3. The topological polar surface area (TPSA) is 119 Å². The molecule has 1 aliphatic heterocycles. The van der Waals surface area contributed by atoms with Crippen molar-refractivity contribution in [1.82, 2.24) is 10.2 Å². The number of nitrogens with zero attached hydrogens (tertiary/aromatic N) is 1. The Hall–Kier alpha value is -4.01. The van der Waals surface area contributed by atoms with Crippen molar-refractivity contribution in [1.29, 1.82) is 0 Å². The summed E-state index contributed by atoms with van der Waals surface area (Å²) < 4.78 is 0. The van der Waals surface area contributed by atoms with E-state index in [-0.39, 0.29) is 31.4 Å². The Balaban J connectivity index is 1.41. The van der Waals surface area contributed by atoms with Crippen LogP contribution in [-0.4, -0.2) is 58.1 Å². The fraction of sp³-hybridized carbons (Fsp3) is 0.300. The van der Waals surface area contributed by atoms with Crippen LogP contribution in [0.25, 0.3) is 10.8 Å². The zero-order valence-electron chi connectivity index (χ0n) is 21.2. The molecule has 0 saturated carbocycles. The van der Waals surface area contributed by atoms with Crippen LogP contribution >= 0.6 is 0 Å². The van der Waals surface area contributed by atoms with Gasteiger partial charge in [0.05, 0.1) is 25.2 Å². The molecule has 0 aliphatic carbocycles. The highest BCUT2D eigenvalue weighted by Gasteiger charge is 2.32. The molecule has 3 atom stereocenters. The Bertz CT molecular complexity index is 1320. The Morgan fingerprint density at radius 2 is 1.68 bits per heavy atom. The number of carbonyl (C=O) groups is 3. The number of anilines is 1. The lowest BCUT2D eigenvalue weighted by atomic mass is 9.92. The molecule has 8 heteroatoms. The molecule has 4 rings (SSSR count). The van der Waals surface area contributed by atoms with E-state index in [9.17, 15) is 24.6 Å². The summed E-state index contributed by atoms with van der Waals surface area (Å²) in [5.41, 5.74) is 2.65. The van der Waals surface area contributed by atoms with Gasteiger partial charge in [-0.15, -0.1) is 6.58 Å². The van der Waals surface area contributed by atoms with Gasteiger partial charge in [0.2, 0.25) is 17.7 Å². The van der Waals surface area contributed by atoms with Gasteiger partial charge in [-0.1, -0.05) is 60.7 Å². The summed E-state index contributed by atoms with van der Waals surface area (Å²) in [5, 5.41) is 27.1. The highest BCUT2D eigenvalue weighted by molar-refractivity contribution is 5.99. The van der Waals surface area contributed by atoms with Crippen molar-refractivity contribution < 1.29 is 24.6 Å². The van der Waals surface area contributed by atoms with E-state index in [4.69, 9.17) is 0 Å². The maximum absolute atomic E-state index is 13.3. The zero-order valence-corrected chi connectivity index (χ0v) is 21.2. The monoisotopic (exact) mass is 515 g/mol. The van der Waals surface area contributed by atoms with Crippen molar-refractivity contribution >= 4 is 34.2 Å². The van der Waals surface area contributed by atoms with Crippen LogP contribution < -0.4 is 10.6 Å². The summed E-state index contributed by atoms with van der Waals surface area (Å²) in [7, 11) is 0. The van der Waals surface area contributed by atoms with E-state index >= 15 is 0 Å². The molecule has 3 aromatic rings. The molecule has 1 heterocycles. The third kappa shape index (κ3) is 6.27. The molecular weight excluding hydrogens is 482 g/mol. The largest absolute Gasteiger partial charge is 0.394 e. The van der Waals surface area contributed by atoms with E-state index < -0.39 is 30.4 Å². The molecule has 8 nitrogen and oxygen atoms in total. The van der Waals surface area contributed by atoms with Crippen LogP contribution in [0.5, 0.6) is 0 Å². The van der Waals surface area contributed by atoms with Gasteiger partial charge in [0.1, 0.15) is 6.04 Å². The van der Waals surface area contributed by atoms with Gasteiger partial charge in [0.25, 0.3) is 0 Å². The first-order valence-corrected chi connectivity index (χ1v) is 12.7. The second-order valence-electron chi connectivity index (χ2n) is 9.55. The van der Waals surface area contributed by atoms with Crippen molar-refractivity contribution in [3.63, 3.8) is 0 Å². The number of hydrogen-bond donors (Lipinski definition) is 4. The molecule has 3 amide bonds. The minimum atomic E-state index is -1.19. The highest BCUT2D eigenvalue weighted by Crippen LogP contribution is 2.25. The first kappa shape index (κ1) is 27.0. The summed E-state index contributed by atoms with van der Waals surface area (Å²) in [4.78, 5) is 40.9. The molecule has 0 aromatic heterocycles. The fourth-order valence-electron chi connectivity index (χ4n) is 4.83. The second kappa shape index (κ2) is 12.5. The van der Waals surface area contributed by atoms with E-state index in [2.05, 4.69) is 17.2 Å². The van der Waals surface area contributed by atoms with Crippen molar-refractivity contribution in [2.75, 3.05) is 18.5 Å². The van der Waals surface area contributed by atoms with Crippen LogP contribution in [0.2, 0.25) is 0 Å². The smallest absolute Gasteiger partial charge is 0.249 e. The zero-order chi connectivity index (χ0) is 27.1. The molecule has 0 saturated heterocycles. The lowest BCUT2D eigenvalue weighted by molar-refractivity contribution is -0.140. The molecule has 0 radical (unpaired) electrons. The number of fused-ring (bicyclic) bond motifs is 2. The first-order valence-electron chi connectivity index (χ1n) is 12.7. The second-order valence-corrected chi connectivity index (χ2v) is 9.55. The van der Waals surface area contributed by atoms with Gasteiger partial charge in [-0.3, -0.25) is 14.4 Å². The number of aliphatic hydroxyl groups excluding tert-OH is 2. The molecule has 0 unspecified atom stereocenters. The third-order valence-electron chi connectivity index (χ3n) is 6.96. The fourth-order valence-corrected chi connectivity index (χ4v) is 4.83. The molecule has 0 bridgehead atoms. The number of benzene rings is 3. The maximum Gasteiger partial charge on any atom is 0.249 e. The van der Waals surface area contributed by atoms with Crippen molar-refractivity contribution in [3.8, 4) is 0 Å². The van der Waals surface area contributed by atoms with Gasteiger partial charge in [-0.05, 0) is 46.9 Å². The molecule has 1 aliphatic rings. The van der Waals surface area contributed by atoms with Gasteiger partial charge in [0, 0.05) is 18.7 Å². The maximum atomic E-state index is 13.3. The van der Waals surface area contributed by atoms with Gasteiger partial charge in [-0.2, -0.15) is 0 Å². The Morgan fingerprint density at radius 3 is 2.39 bits per heavy atom. The summed E-state index contributed by atoms with van der Waals surface area (Å²) in [6, 6.07) is 19.4. The Kier molecular flexibility index (Phi) is 8.89. The summed E-state index contributed by atoms with van der Waals surface area (Å²) in [5.74, 6) is -2.13. The summed E-state index contributed by atoms with van der Waals surface area (Å²) >= 11 is 0. The van der Waals surface area contributed by atoms with Crippen LogP contribution in [0.15, 0.2) is 79.4 Å². The minimum Gasteiger partial charge on any atom is -0.394 e. The summed E-state index contributed by atoms with van der Waals surface area (Å²) in [6.07, 6.45) is 2.20. The average molecular weight is 516 g/mol. The van der Waals surface area contributed by atoms with Crippen LogP contribution in [0.3, 0.4) is 0 Å². The molecule has 38 heavy (non-hydrogen) atoms. The predicted molar refractivity (Wildman–Crippen MR) is 146 cm³/mol. The molecule has 4 N–H and O–H groups in total. The summed E-state index contributed by atoms with van der Waals surface area (Å²) in [6.45, 7) is 3.28. The molecule has 0 fully saturated rings. The standard InChI is InChI=1S/C30H33N3O5/c1-2-7-23(16-28(36)33-17-24-11-6-5-10-22(24)15-26(33)18-34)29(37)32-27(19-35)30(38)31-25-13-12-20-8-3-4-9-21(20)14-25/h2-6,8-14,23,26-27,34-35H,1,7,15-19H2,(H,31,38)(H,32,37)/t23-,26+,27+/m1/s1. The van der Waals surface area contributed by atoms with E-state index in [0.29, 0.717) is 18.7 Å². The van der Waals surface area contributed by atoms with Gasteiger partial charge < -0.3 is 25.7 Å². The lowest BCUT2D eigenvalue weighted by Crippen LogP contribution is -2.50. The molecular formula is C30H33N3O5. The number of rotatable bonds is 10. The number of hydrogen-bond acceptors (Lipinski definition) is 5.